The van der Waals surface area contributed by atoms with Gasteiger partial charge in [-0.1, -0.05) is 11.6 Å². The molecule has 0 bridgehead atoms. The predicted octanol–water partition coefficient (Wildman–Crippen LogP) is 4.89. The number of rotatable bonds is 5. The number of ether oxygens (including phenoxy) is 1. The van der Waals surface area contributed by atoms with Gasteiger partial charge in [0.1, 0.15) is 27.9 Å². The minimum atomic E-state index is -0.166. The Balaban J connectivity index is 1.29. The normalized spacial score (nSPS) is 18.0. The average Bonchev–Trinajstić information content (AvgIpc) is 3.40. The van der Waals surface area contributed by atoms with E-state index in [1.54, 1.807) is 18.5 Å². The Morgan fingerprint density at radius 2 is 2.00 bits per heavy atom. The number of halogens is 1. The monoisotopic (exact) mass is 460 g/mol. The lowest BCUT2D eigenvalue weighted by Gasteiger charge is -2.31. The Labute approximate surface area is 194 Å². The molecular weight excluding hydrogens is 440 g/mol. The molecule has 1 saturated carbocycles. The van der Waals surface area contributed by atoms with Crippen LogP contribution in [0.3, 0.4) is 0 Å². The molecule has 2 aromatic carbocycles. The third-order valence-corrected chi connectivity index (χ3v) is 6.37. The van der Waals surface area contributed by atoms with E-state index in [2.05, 4.69) is 20.1 Å². The first kappa shape index (κ1) is 20.1. The van der Waals surface area contributed by atoms with E-state index < -0.39 is 0 Å². The summed E-state index contributed by atoms with van der Waals surface area (Å²) in [6, 6.07) is 9.31. The van der Waals surface area contributed by atoms with E-state index in [4.69, 9.17) is 21.3 Å². The molecule has 1 aliphatic rings. The molecule has 166 valence electrons. The van der Waals surface area contributed by atoms with Crippen molar-refractivity contribution < 1.29 is 9.84 Å². The lowest BCUT2D eigenvalue weighted by atomic mass is 9.82. The second kappa shape index (κ2) is 7.83. The zero-order chi connectivity index (χ0) is 22.5. The molecule has 0 unspecified atom stereocenters. The number of aliphatic hydroxyl groups excluding tert-OH is 1. The molecule has 3 heterocycles. The van der Waals surface area contributed by atoms with Crippen LogP contribution in [-0.2, 0) is 6.54 Å². The molecule has 8 nitrogen and oxygen atoms in total. The third kappa shape index (κ3) is 3.81. The van der Waals surface area contributed by atoms with Crippen molar-refractivity contribution in [2.75, 3.05) is 0 Å². The summed E-state index contributed by atoms with van der Waals surface area (Å²) in [7, 11) is 0. The second-order valence-electron chi connectivity index (χ2n) is 8.55. The number of imidazole rings is 1. The van der Waals surface area contributed by atoms with Crippen LogP contribution in [0.15, 0.2) is 48.9 Å². The summed E-state index contributed by atoms with van der Waals surface area (Å²) in [5, 5.41) is 14.3. The lowest BCUT2D eigenvalue weighted by Crippen LogP contribution is -2.31. The second-order valence-corrected chi connectivity index (χ2v) is 8.92. The summed E-state index contributed by atoms with van der Waals surface area (Å²) >= 11 is 6.70. The Kier molecular flexibility index (Phi) is 4.78. The highest BCUT2D eigenvalue weighted by Crippen LogP contribution is 2.36. The largest absolute Gasteiger partial charge is 0.456 e. The highest BCUT2D eigenvalue weighted by molar-refractivity contribution is 6.36. The maximum Gasteiger partial charge on any atom is 0.148 e. The van der Waals surface area contributed by atoms with E-state index in [1.807, 2.05) is 42.1 Å². The van der Waals surface area contributed by atoms with Crippen LogP contribution in [0.4, 0.5) is 0 Å². The number of aromatic amines is 1. The number of aryl methyl sites for hydroxylation is 1. The SMILES string of the molecule is Cc1nc2ccc(Oc3ccc4ncc(-c5cnn(CC6CC(O)C6)c5)nc4c3Cl)cc2[nH]1. The summed E-state index contributed by atoms with van der Waals surface area (Å²) in [6.07, 6.45) is 6.95. The van der Waals surface area contributed by atoms with E-state index in [9.17, 15) is 5.11 Å². The Bertz CT molecular complexity index is 1490. The fourth-order valence-electron chi connectivity index (χ4n) is 4.26. The fraction of sp³-hybridized carbons (Fsp3) is 0.250. The highest BCUT2D eigenvalue weighted by atomic mass is 35.5. The van der Waals surface area contributed by atoms with Crippen LogP contribution < -0.4 is 4.74 Å². The van der Waals surface area contributed by atoms with E-state index in [0.29, 0.717) is 39.2 Å². The topological polar surface area (TPSA) is 102 Å². The first-order valence-corrected chi connectivity index (χ1v) is 11.2. The number of benzene rings is 2. The number of aromatic nitrogens is 6. The zero-order valence-electron chi connectivity index (χ0n) is 17.9. The first-order valence-electron chi connectivity index (χ1n) is 10.8. The van der Waals surface area contributed by atoms with Crippen molar-refractivity contribution in [2.45, 2.75) is 32.4 Å². The molecule has 6 rings (SSSR count). The number of nitrogens with zero attached hydrogens (tertiary/aromatic N) is 5. The average molecular weight is 461 g/mol. The van der Waals surface area contributed by atoms with Crippen LogP contribution in [0, 0.1) is 12.8 Å². The molecule has 1 fully saturated rings. The number of aliphatic hydroxyl groups is 1. The van der Waals surface area contributed by atoms with Crippen molar-refractivity contribution >= 4 is 33.7 Å². The molecule has 0 saturated heterocycles. The summed E-state index contributed by atoms with van der Waals surface area (Å²) in [4.78, 5) is 16.9. The molecule has 2 N–H and O–H groups in total. The molecule has 0 amide bonds. The van der Waals surface area contributed by atoms with Gasteiger partial charge in [0.2, 0.25) is 0 Å². The molecule has 0 radical (unpaired) electrons. The smallest absolute Gasteiger partial charge is 0.148 e. The summed E-state index contributed by atoms with van der Waals surface area (Å²) < 4.78 is 7.97. The standard InChI is InChI=1S/C24H21ClN6O2/c1-13-28-18-3-2-17(8-20(18)29-13)33-22-5-4-19-24(23(22)25)30-21(10-26-19)15-9-27-31(12-15)11-14-6-16(32)7-14/h2-5,8-10,12,14,16,32H,6-7,11H2,1H3,(H,28,29). The van der Waals surface area contributed by atoms with Gasteiger partial charge in [-0.15, -0.1) is 0 Å². The fourth-order valence-corrected chi connectivity index (χ4v) is 4.50. The number of H-pyrrole nitrogens is 1. The molecule has 0 atom stereocenters. The van der Waals surface area contributed by atoms with E-state index in [1.165, 1.54) is 0 Å². The number of fused-ring (bicyclic) bond motifs is 2. The van der Waals surface area contributed by atoms with Gasteiger partial charge in [-0.25, -0.2) is 9.97 Å². The quantitative estimate of drug-likeness (QED) is 0.387. The van der Waals surface area contributed by atoms with Crippen molar-refractivity contribution in [3.63, 3.8) is 0 Å². The van der Waals surface area contributed by atoms with Gasteiger partial charge in [0.15, 0.2) is 0 Å². The minimum absolute atomic E-state index is 0.166. The van der Waals surface area contributed by atoms with Crippen molar-refractivity contribution in [1.29, 1.82) is 0 Å². The van der Waals surface area contributed by atoms with Crippen LogP contribution in [0.25, 0.3) is 33.3 Å². The molecule has 1 aliphatic carbocycles. The first-order chi connectivity index (χ1) is 16.0. The van der Waals surface area contributed by atoms with Crippen molar-refractivity contribution in [1.82, 2.24) is 29.7 Å². The van der Waals surface area contributed by atoms with Gasteiger partial charge < -0.3 is 14.8 Å². The Morgan fingerprint density at radius 3 is 2.85 bits per heavy atom. The zero-order valence-corrected chi connectivity index (χ0v) is 18.6. The highest BCUT2D eigenvalue weighted by Gasteiger charge is 2.27. The third-order valence-electron chi connectivity index (χ3n) is 6.00. The van der Waals surface area contributed by atoms with Gasteiger partial charge in [0, 0.05) is 24.4 Å². The molecule has 5 aromatic rings. The molecule has 0 aliphatic heterocycles. The lowest BCUT2D eigenvalue weighted by molar-refractivity contribution is 0.0337. The van der Waals surface area contributed by atoms with Gasteiger partial charge in [-0.3, -0.25) is 9.67 Å². The van der Waals surface area contributed by atoms with Crippen LogP contribution in [0.5, 0.6) is 11.5 Å². The van der Waals surface area contributed by atoms with Crippen LogP contribution >= 0.6 is 11.6 Å². The van der Waals surface area contributed by atoms with Gasteiger partial charge in [0.05, 0.1) is 40.7 Å². The molecule has 3 aromatic heterocycles. The number of nitrogens with one attached hydrogen (secondary N) is 1. The molecule has 0 spiro atoms. The number of hydrogen-bond acceptors (Lipinski definition) is 6. The van der Waals surface area contributed by atoms with Gasteiger partial charge in [-0.2, -0.15) is 5.10 Å². The summed E-state index contributed by atoms with van der Waals surface area (Å²) in [6.45, 7) is 2.70. The maximum atomic E-state index is 9.49. The van der Waals surface area contributed by atoms with Crippen LogP contribution in [0.1, 0.15) is 18.7 Å². The summed E-state index contributed by atoms with van der Waals surface area (Å²) in [5.74, 6) is 2.47. The van der Waals surface area contributed by atoms with Crippen molar-refractivity contribution in [3.05, 3.63) is 59.8 Å². The van der Waals surface area contributed by atoms with Gasteiger partial charge in [-0.05, 0) is 49.9 Å². The Hall–Kier alpha value is -3.49. The van der Waals surface area contributed by atoms with Crippen LogP contribution in [0.2, 0.25) is 5.02 Å². The van der Waals surface area contributed by atoms with E-state index in [0.717, 1.165) is 41.8 Å². The summed E-state index contributed by atoms with van der Waals surface area (Å²) in [5.41, 5.74) is 4.60. The predicted molar refractivity (Wildman–Crippen MR) is 125 cm³/mol. The maximum absolute atomic E-state index is 9.49. The van der Waals surface area contributed by atoms with Crippen molar-refractivity contribution in [3.8, 4) is 22.8 Å². The van der Waals surface area contributed by atoms with Crippen molar-refractivity contribution in [2.24, 2.45) is 5.92 Å². The van der Waals surface area contributed by atoms with E-state index in [-0.39, 0.29) is 6.10 Å². The van der Waals surface area contributed by atoms with Crippen LogP contribution in [-0.4, -0.2) is 40.9 Å². The minimum Gasteiger partial charge on any atom is -0.456 e. The molecular formula is C24H21ClN6O2. The molecule has 33 heavy (non-hydrogen) atoms. The van der Waals surface area contributed by atoms with Gasteiger partial charge >= 0.3 is 0 Å². The molecule has 9 heteroatoms. The van der Waals surface area contributed by atoms with E-state index >= 15 is 0 Å². The number of hydrogen-bond donors (Lipinski definition) is 2. The Morgan fingerprint density at radius 1 is 1.15 bits per heavy atom. The van der Waals surface area contributed by atoms with Gasteiger partial charge in [0.25, 0.3) is 0 Å².